The summed E-state index contributed by atoms with van der Waals surface area (Å²) in [5.74, 6) is 2.19. The third-order valence-electron chi connectivity index (χ3n) is 13.4. The number of hydrogen-bond acceptors (Lipinski definition) is 7. The summed E-state index contributed by atoms with van der Waals surface area (Å²) in [5, 5.41) is 21.9. The molecule has 3 aromatic heterocycles. The highest BCUT2D eigenvalue weighted by Crippen LogP contribution is 2.41. The van der Waals surface area contributed by atoms with Crippen molar-refractivity contribution in [2.75, 3.05) is 0 Å². The van der Waals surface area contributed by atoms with Crippen molar-refractivity contribution in [2.45, 2.75) is 85.5 Å². The Balaban J connectivity index is 1.33. The van der Waals surface area contributed by atoms with Crippen LogP contribution in [0.1, 0.15) is 95.7 Å². The summed E-state index contributed by atoms with van der Waals surface area (Å²) in [6.07, 6.45) is 0. The predicted molar refractivity (Wildman–Crippen MR) is 293 cm³/mol. The lowest BCUT2D eigenvalue weighted by atomic mass is 9.79. The van der Waals surface area contributed by atoms with Crippen LogP contribution in [0.3, 0.4) is 0 Å². The zero-order valence-corrected chi connectivity index (χ0v) is 42.6. The molecule has 0 aliphatic heterocycles. The van der Waals surface area contributed by atoms with Crippen molar-refractivity contribution < 1.29 is 0 Å². The summed E-state index contributed by atoms with van der Waals surface area (Å²) in [5.41, 5.74) is 14.6. The molecule has 0 bridgehead atoms. The van der Waals surface area contributed by atoms with Gasteiger partial charge in [0.15, 0.2) is 23.3 Å². The van der Waals surface area contributed by atoms with Crippen molar-refractivity contribution >= 4 is 21.8 Å². The van der Waals surface area contributed by atoms with E-state index in [2.05, 4.69) is 153 Å². The minimum atomic E-state index is -0.156. The Morgan fingerprint density at radius 1 is 0.389 bits per heavy atom. The molecule has 0 saturated heterocycles. The van der Waals surface area contributed by atoms with E-state index in [0.717, 1.165) is 77.8 Å². The van der Waals surface area contributed by atoms with Crippen molar-refractivity contribution in [3.63, 3.8) is 0 Å². The van der Waals surface area contributed by atoms with E-state index in [1.807, 2.05) is 91.0 Å². The van der Waals surface area contributed by atoms with Crippen molar-refractivity contribution in [1.29, 1.82) is 10.5 Å². The van der Waals surface area contributed by atoms with E-state index in [1.165, 1.54) is 16.7 Å². The highest BCUT2D eigenvalue weighted by atomic mass is 15.1. The Bertz CT molecular complexity index is 3670. The summed E-state index contributed by atoms with van der Waals surface area (Å²) >= 11 is 0. The first-order valence-electron chi connectivity index (χ1n) is 24.4. The van der Waals surface area contributed by atoms with Crippen LogP contribution in [0.25, 0.3) is 95.6 Å². The first-order valence-corrected chi connectivity index (χ1v) is 24.4. The Labute approximate surface area is 422 Å². The van der Waals surface area contributed by atoms with E-state index >= 15 is 0 Å². The zero-order chi connectivity index (χ0) is 50.7. The second-order valence-electron chi connectivity index (χ2n) is 21.9. The minimum absolute atomic E-state index is 0.133. The normalized spacial score (nSPS) is 12.0. The molecule has 0 amide bonds. The molecule has 0 atom stereocenters. The fourth-order valence-electron chi connectivity index (χ4n) is 9.28. The van der Waals surface area contributed by atoms with Crippen LogP contribution in [0, 0.1) is 29.6 Å². The molecule has 8 nitrogen and oxygen atoms in total. The Morgan fingerprint density at radius 3 is 1.36 bits per heavy atom. The van der Waals surface area contributed by atoms with Gasteiger partial charge in [0.25, 0.3) is 0 Å². The van der Waals surface area contributed by atoms with Gasteiger partial charge >= 0.3 is 0 Å². The van der Waals surface area contributed by atoms with E-state index in [4.69, 9.17) is 24.9 Å². The number of benzene rings is 7. The standard InChI is InChI=1S/C64H56N8/c1-39-27-45(31-47(28-39)62(2,3)4)59-69-60(46-32-48(63(5,6)7)35-49(33-46)64(8,9)10)71-61(70-59)52-34-44(54-36-53(42-17-13-11-14-18-42)67-58(68-54)43-19-15-12-16-20-43)23-26-57(52)72-55-24-21-40(37-65)29-50(55)51-30-41(38-66)22-25-56(51)72/h11-36H,1-10H3. The number of hydrogen-bond donors (Lipinski definition) is 0. The smallest absolute Gasteiger partial charge is 0.166 e. The number of aromatic nitrogens is 6. The van der Waals surface area contributed by atoms with Crippen LogP contribution in [0.4, 0.5) is 0 Å². The van der Waals surface area contributed by atoms with E-state index in [0.29, 0.717) is 34.4 Å². The van der Waals surface area contributed by atoms with E-state index in [9.17, 15) is 10.5 Å². The molecular formula is C64H56N8. The zero-order valence-electron chi connectivity index (χ0n) is 42.6. The molecule has 0 saturated carbocycles. The number of fused-ring (bicyclic) bond motifs is 3. The molecule has 0 fully saturated rings. The lowest BCUT2D eigenvalue weighted by Gasteiger charge is -2.26. The fourth-order valence-corrected chi connectivity index (χ4v) is 9.28. The first kappa shape index (κ1) is 47.1. The molecule has 0 N–H and O–H groups in total. The molecule has 10 rings (SSSR count). The van der Waals surface area contributed by atoms with Crippen LogP contribution in [-0.2, 0) is 16.2 Å². The van der Waals surface area contributed by atoms with Gasteiger partial charge in [0.2, 0.25) is 0 Å². The van der Waals surface area contributed by atoms with Crippen LogP contribution in [-0.4, -0.2) is 29.5 Å². The van der Waals surface area contributed by atoms with Crippen molar-refractivity contribution in [2.24, 2.45) is 0 Å². The molecule has 0 aliphatic carbocycles. The van der Waals surface area contributed by atoms with Crippen molar-refractivity contribution in [3.8, 4) is 85.9 Å². The summed E-state index contributed by atoms with van der Waals surface area (Å²) in [4.78, 5) is 26.8. The van der Waals surface area contributed by atoms with Gasteiger partial charge in [-0.15, -0.1) is 0 Å². The molecule has 0 spiro atoms. The maximum absolute atomic E-state index is 10.1. The molecule has 7 aromatic carbocycles. The lowest BCUT2D eigenvalue weighted by molar-refractivity contribution is 0.569. The van der Waals surface area contributed by atoms with Gasteiger partial charge < -0.3 is 4.57 Å². The first-order chi connectivity index (χ1) is 34.3. The van der Waals surface area contributed by atoms with Gasteiger partial charge in [-0.25, -0.2) is 24.9 Å². The summed E-state index contributed by atoms with van der Waals surface area (Å²) < 4.78 is 2.20. The van der Waals surface area contributed by atoms with Gasteiger partial charge in [0.05, 0.1) is 51.4 Å². The highest BCUT2D eigenvalue weighted by molar-refractivity contribution is 6.10. The number of aryl methyl sites for hydroxylation is 1. The maximum Gasteiger partial charge on any atom is 0.166 e. The van der Waals surface area contributed by atoms with E-state index in [-0.39, 0.29) is 16.2 Å². The maximum atomic E-state index is 10.1. The molecule has 10 aromatic rings. The number of nitrogens with zero attached hydrogens (tertiary/aromatic N) is 8. The van der Waals surface area contributed by atoms with Crippen LogP contribution >= 0.6 is 0 Å². The third kappa shape index (κ3) is 9.16. The summed E-state index contributed by atoms with van der Waals surface area (Å²) in [6, 6.07) is 58.1. The molecular weight excluding hydrogens is 881 g/mol. The quantitative estimate of drug-likeness (QED) is 0.156. The molecule has 72 heavy (non-hydrogen) atoms. The van der Waals surface area contributed by atoms with Gasteiger partial charge in [-0.3, -0.25) is 0 Å². The molecule has 0 unspecified atom stereocenters. The average Bonchev–Trinajstić information content (AvgIpc) is 3.70. The average molecular weight is 937 g/mol. The van der Waals surface area contributed by atoms with Gasteiger partial charge in [-0.1, -0.05) is 147 Å². The minimum Gasteiger partial charge on any atom is -0.308 e. The van der Waals surface area contributed by atoms with Gasteiger partial charge in [-0.05, 0) is 119 Å². The Kier molecular flexibility index (Phi) is 11.8. The summed E-state index contributed by atoms with van der Waals surface area (Å²) in [6.45, 7) is 22.3. The van der Waals surface area contributed by atoms with Crippen LogP contribution in [0.15, 0.2) is 158 Å². The van der Waals surface area contributed by atoms with E-state index < -0.39 is 0 Å². The SMILES string of the molecule is Cc1cc(-c2nc(-c3cc(C(C)(C)C)cc(C(C)(C)C)c3)nc(-c3cc(-c4cc(-c5ccccc5)nc(-c5ccccc5)n4)ccc3-n3c4ccc(C#N)cc4c4cc(C#N)ccc43)n2)cc(C(C)(C)C)c1. The van der Waals surface area contributed by atoms with Crippen LogP contribution in [0.5, 0.6) is 0 Å². The Morgan fingerprint density at radius 2 is 0.847 bits per heavy atom. The second-order valence-corrected chi connectivity index (χ2v) is 21.9. The second kappa shape index (κ2) is 18.0. The van der Waals surface area contributed by atoms with Gasteiger partial charge in [0.1, 0.15) is 0 Å². The summed E-state index contributed by atoms with van der Waals surface area (Å²) in [7, 11) is 0. The monoisotopic (exact) mass is 936 g/mol. The number of nitriles is 2. The van der Waals surface area contributed by atoms with Crippen molar-refractivity contribution in [3.05, 3.63) is 191 Å². The lowest BCUT2D eigenvalue weighted by Crippen LogP contribution is -2.17. The van der Waals surface area contributed by atoms with Crippen molar-refractivity contribution in [1.82, 2.24) is 29.5 Å². The van der Waals surface area contributed by atoms with Crippen LogP contribution < -0.4 is 0 Å². The number of rotatable bonds is 7. The Hall–Kier alpha value is -8.59. The largest absolute Gasteiger partial charge is 0.308 e. The predicted octanol–water partition coefficient (Wildman–Crippen LogP) is 15.7. The topological polar surface area (TPSA) is 117 Å². The molecule has 352 valence electrons. The molecule has 8 heteroatoms. The van der Waals surface area contributed by atoms with Gasteiger partial charge in [-0.2, -0.15) is 10.5 Å². The van der Waals surface area contributed by atoms with E-state index in [1.54, 1.807) is 0 Å². The molecule has 0 radical (unpaired) electrons. The van der Waals surface area contributed by atoms with Crippen LogP contribution in [0.2, 0.25) is 0 Å². The molecule has 3 heterocycles. The van der Waals surface area contributed by atoms with Gasteiger partial charge in [0, 0.05) is 44.2 Å². The highest BCUT2D eigenvalue weighted by Gasteiger charge is 2.26. The fraction of sp³-hybridized carbons (Fsp3) is 0.203. The molecule has 0 aliphatic rings. The third-order valence-corrected chi connectivity index (χ3v) is 13.4.